The second kappa shape index (κ2) is 5.88. The van der Waals surface area contributed by atoms with Crippen molar-refractivity contribution in [3.8, 4) is 5.75 Å². The van der Waals surface area contributed by atoms with Gasteiger partial charge in [0.2, 0.25) is 0 Å². The van der Waals surface area contributed by atoms with Crippen molar-refractivity contribution in [1.82, 2.24) is 4.31 Å². The molecule has 1 fully saturated rings. The first-order valence-electron chi connectivity index (χ1n) is 6.67. The molecule has 20 heavy (non-hydrogen) atoms. The predicted octanol–water partition coefficient (Wildman–Crippen LogP) is 1.81. The highest BCUT2D eigenvalue weighted by molar-refractivity contribution is 7.90. The molecule has 112 valence electrons. The number of nitrogens with zero attached hydrogens (tertiary/aromatic N) is 1. The fourth-order valence-corrected chi connectivity index (χ4v) is 3.90. The fourth-order valence-electron chi connectivity index (χ4n) is 2.41. The number of nitrogen functional groups attached to an aromatic ring is 1. The first-order valence-corrected chi connectivity index (χ1v) is 8.11. The van der Waals surface area contributed by atoms with Gasteiger partial charge in [-0.05, 0) is 31.9 Å². The average molecular weight is 299 g/mol. The second-order valence-electron chi connectivity index (χ2n) is 5.02. The Morgan fingerprint density at radius 3 is 2.80 bits per heavy atom. The van der Waals surface area contributed by atoms with Crippen LogP contribution in [0.3, 0.4) is 0 Å². The number of ether oxygens (including phenoxy) is 1. The van der Waals surface area contributed by atoms with Gasteiger partial charge < -0.3 is 10.5 Å². The Morgan fingerprint density at radius 1 is 1.40 bits per heavy atom. The number of nitrogens with two attached hydrogens (primary N) is 1. The van der Waals surface area contributed by atoms with Crippen molar-refractivity contribution < 1.29 is 13.2 Å². The van der Waals surface area contributed by atoms with Gasteiger partial charge in [-0.1, -0.05) is 6.42 Å². The van der Waals surface area contributed by atoms with Crippen LogP contribution in [0.5, 0.6) is 5.75 Å². The summed E-state index contributed by atoms with van der Waals surface area (Å²) in [5.41, 5.74) is 6.64. The highest BCUT2D eigenvalue weighted by Crippen LogP contribution is 2.27. The molecule has 1 unspecified atom stereocenters. The van der Waals surface area contributed by atoms with Crippen LogP contribution < -0.4 is 15.2 Å². The molecule has 1 aromatic rings. The molecule has 6 nitrogen and oxygen atoms in total. The molecule has 0 amide bonds. The number of methoxy groups -OCH3 is 1. The van der Waals surface area contributed by atoms with E-state index in [9.17, 15) is 8.42 Å². The second-order valence-corrected chi connectivity index (χ2v) is 6.64. The summed E-state index contributed by atoms with van der Waals surface area (Å²) in [5.74, 6) is 0.455. The van der Waals surface area contributed by atoms with E-state index in [2.05, 4.69) is 4.72 Å². The lowest BCUT2D eigenvalue weighted by Gasteiger charge is -2.32. The van der Waals surface area contributed by atoms with Crippen LogP contribution in [0.2, 0.25) is 0 Å². The summed E-state index contributed by atoms with van der Waals surface area (Å²) in [5, 5.41) is 0. The van der Waals surface area contributed by atoms with E-state index in [1.54, 1.807) is 18.2 Å². The molecule has 1 saturated heterocycles. The molecule has 0 saturated carbocycles. The summed E-state index contributed by atoms with van der Waals surface area (Å²) in [4.78, 5) is 0. The average Bonchev–Trinajstić information content (AvgIpc) is 2.41. The third kappa shape index (κ3) is 3.16. The third-order valence-electron chi connectivity index (χ3n) is 3.53. The van der Waals surface area contributed by atoms with Gasteiger partial charge in [0.1, 0.15) is 5.75 Å². The van der Waals surface area contributed by atoms with Crippen LogP contribution in [0.25, 0.3) is 0 Å². The maximum absolute atomic E-state index is 12.4. The molecule has 1 heterocycles. The van der Waals surface area contributed by atoms with Crippen LogP contribution in [-0.4, -0.2) is 32.4 Å². The van der Waals surface area contributed by atoms with E-state index in [0.29, 0.717) is 23.7 Å². The number of hydrogen-bond acceptors (Lipinski definition) is 4. The van der Waals surface area contributed by atoms with E-state index in [1.165, 1.54) is 11.4 Å². The third-order valence-corrected chi connectivity index (χ3v) is 5.18. The number of nitrogens with one attached hydrogen (secondary N) is 1. The highest BCUT2D eigenvalue weighted by Gasteiger charge is 2.29. The normalized spacial score (nSPS) is 20.6. The van der Waals surface area contributed by atoms with Gasteiger partial charge in [0.05, 0.1) is 18.5 Å². The lowest BCUT2D eigenvalue weighted by molar-refractivity contribution is 0.270. The van der Waals surface area contributed by atoms with E-state index in [4.69, 9.17) is 10.5 Å². The van der Waals surface area contributed by atoms with Crippen molar-refractivity contribution in [3.63, 3.8) is 0 Å². The number of benzene rings is 1. The van der Waals surface area contributed by atoms with Crippen LogP contribution in [0.1, 0.15) is 26.2 Å². The van der Waals surface area contributed by atoms with Gasteiger partial charge in [0.15, 0.2) is 0 Å². The number of anilines is 2. The minimum Gasteiger partial charge on any atom is -0.495 e. The Hall–Kier alpha value is -1.47. The van der Waals surface area contributed by atoms with Crippen molar-refractivity contribution in [2.75, 3.05) is 24.1 Å². The van der Waals surface area contributed by atoms with Gasteiger partial charge in [0, 0.05) is 18.7 Å². The fraction of sp³-hybridized carbons (Fsp3) is 0.538. The Bertz CT molecular complexity index is 574. The quantitative estimate of drug-likeness (QED) is 0.830. The summed E-state index contributed by atoms with van der Waals surface area (Å²) < 4.78 is 34.0. The van der Waals surface area contributed by atoms with E-state index in [-0.39, 0.29) is 6.04 Å². The number of piperidine rings is 1. The van der Waals surface area contributed by atoms with Gasteiger partial charge >= 0.3 is 10.2 Å². The maximum atomic E-state index is 12.4. The molecule has 1 aliphatic heterocycles. The van der Waals surface area contributed by atoms with Gasteiger partial charge in [-0.2, -0.15) is 12.7 Å². The van der Waals surface area contributed by atoms with Crippen LogP contribution in [-0.2, 0) is 10.2 Å². The van der Waals surface area contributed by atoms with Crippen molar-refractivity contribution in [2.24, 2.45) is 0 Å². The summed E-state index contributed by atoms with van der Waals surface area (Å²) in [6.07, 6.45) is 2.87. The van der Waals surface area contributed by atoms with Crippen LogP contribution >= 0.6 is 0 Å². The minimum atomic E-state index is -3.54. The molecule has 0 radical (unpaired) electrons. The molecule has 2 rings (SSSR count). The molecule has 0 bridgehead atoms. The molecule has 1 atom stereocenters. The molecule has 0 spiro atoms. The largest absolute Gasteiger partial charge is 0.495 e. The SMILES string of the molecule is COc1cc(NS(=O)(=O)N2CCCCC2C)ccc1N. The standard InChI is InChI=1S/C13H21N3O3S/c1-10-5-3-4-8-16(10)20(17,18)15-11-6-7-12(14)13(9-11)19-2/h6-7,9-10,15H,3-5,8,14H2,1-2H3. The molecule has 0 aromatic heterocycles. The Morgan fingerprint density at radius 2 is 2.15 bits per heavy atom. The molecular formula is C13H21N3O3S. The lowest BCUT2D eigenvalue weighted by Crippen LogP contribution is -2.44. The predicted molar refractivity (Wildman–Crippen MR) is 80.0 cm³/mol. The molecular weight excluding hydrogens is 278 g/mol. The van der Waals surface area contributed by atoms with E-state index in [0.717, 1.165) is 19.3 Å². The first-order chi connectivity index (χ1) is 9.44. The van der Waals surface area contributed by atoms with Gasteiger partial charge in [-0.3, -0.25) is 4.72 Å². The topological polar surface area (TPSA) is 84.7 Å². The zero-order chi connectivity index (χ0) is 14.8. The maximum Gasteiger partial charge on any atom is 0.301 e. The zero-order valence-corrected chi connectivity index (χ0v) is 12.6. The van der Waals surface area contributed by atoms with Crippen molar-refractivity contribution in [2.45, 2.75) is 32.2 Å². The van der Waals surface area contributed by atoms with E-state index in [1.807, 2.05) is 6.92 Å². The Balaban J connectivity index is 2.19. The first kappa shape index (κ1) is 14.9. The van der Waals surface area contributed by atoms with Gasteiger partial charge in [-0.25, -0.2) is 0 Å². The van der Waals surface area contributed by atoms with Crippen molar-refractivity contribution in [1.29, 1.82) is 0 Å². The van der Waals surface area contributed by atoms with Crippen LogP contribution in [0.4, 0.5) is 11.4 Å². The monoisotopic (exact) mass is 299 g/mol. The number of rotatable bonds is 4. The lowest BCUT2D eigenvalue weighted by atomic mass is 10.1. The zero-order valence-electron chi connectivity index (χ0n) is 11.8. The Kier molecular flexibility index (Phi) is 4.39. The molecule has 7 heteroatoms. The molecule has 0 aliphatic carbocycles. The van der Waals surface area contributed by atoms with Gasteiger partial charge in [-0.15, -0.1) is 0 Å². The van der Waals surface area contributed by atoms with Crippen LogP contribution in [0.15, 0.2) is 18.2 Å². The smallest absolute Gasteiger partial charge is 0.301 e. The van der Waals surface area contributed by atoms with E-state index >= 15 is 0 Å². The summed E-state index contributed by atoms with van der Waals surface area (Å²) in [7, 11) is -2.04. The van der Waals surface area contributed by atoms with Crippen molar-refractivity contribution in [3.05, 3.63) is 18.2 Å². The van der Waals surface area contributed by atoms with Gasteiger partial charge in [0.25, 0.3) is 0 Å². The number of hydrogen-bond donors (Lipinski definition) is 2. The van der Waals surface area contributed by atoms with Crippen molar-refractivity contribution >= 4 is 21.6 Å². The molecule has 1 aliphatic rings. The minimum absolute atomic E-state index is 0.0249. The Labute approximate surface area is 120 Å². The summed E-state index contributed by atoms with van der Waals surface area (Å²) in [6.45, 7) is 2.49. The van der Waals surface area contributed by atoms with E-state index < -0.39 is 10.2 Å². The molecule has 1 aromatic carbocycles. The molecule has 3 N–H and O–H groups in total. The highest BCUT2D eigenvalue weighted by atomic mass is 32.2. The summed E-state index contributed by atoms with van der Waals surface area (Å²) in [6, 6.07) is 4.86. The summed E-state index contributed by atoms with van der Waals surface area (Å²) >= 11 is 0. The van der Waals surface area contributed by atoms with Crippen LogP contribution in [0, 0.1) is 0 Å².